The summed E-state index contributed by atoms with van der Waals surface area (Å²) < 4.78 is 0. The van der Waals surface area contributed by atoms with E-state index in [4.69, 9.17) is 0 Å². The van der Waals surface area contributed by atoms with Crippen molar-refractivity contribution in [3.05, 3.63) is 65.7 Å². The molecule has 5 heteroatoms. The van der Waals surface area contributed by atoms with Gasteiger partial charge >= 0.3 is 0 Å². The molecule has 5 nitrogen and oxygen atoms in total. The van der Waals surface area contributed by atoms with E-state index in [-0.39, 0.29) is 17.4 Å². The zero-order chi connectivity index (χ0) is 21.8. The molecule has 2 heterocycles. The molecule has 0 aliphatic carbocycles. The number of aromatic amines is 1. The minimum atomic E-state index is -0.196. The molecule has 0 saturated carbocycles. The molecule has 1 saturated heterocycles. The van der Waals surface area contributed by atoms with Gasteiger partial charge in [-0.05, 0) is 30.5 Å². The summed E-state index contributed by atoms with van der Waals surface area (Å²) in [4.78, 5) is 30.1. The normalized spacial score (nSPS) is 14.2. The van der Waals surface area contributed by atoms with Gasteiger partial charge in [-0.3, -0.25) is 9.59 Å². The van der Waals surface area contributed by atoms with E-state index in [1.165, 1.54) is 0 Å². The minimum Gasteiger partial charge on any atom is -0.354 e. The molecule has 0 bridgehead atoms. The maximum absolute atomic E-state index is 13.3. The SMILES string of the molecule is CCCCN1C(=O)C(=Cc2c(-c3ccccc3)[nH]c3ccccc23)C(=O)N1CCCC. The number of nitrogens with zero attached hydrogens (tertiary/aromatic N) is 2. The van der Waals surface area contributed by atoms with E-state index in [0.29, 0.717) is 13.1 Å². The van der Waals surface area contributed by atoms with Crippen LogP contribution in [0.15, 0.2) is 60.2 Å². The summed E-state index contributed by atoms with van der Waals surface area (Å²) in [5.74, 6) is -0.391. The first-order valence-corrected chi connectivity index (χ1v) is 11.2. The average Bonchev–Trinajstić information content (AvgIpc) is 3.27. The second-order valence-electron chi connectivity index (χ2n) is 7.95. The van der Waals surface area contributed by atoms with Crippen molar-refractivity contribution < 1.29 is 9.59 Å². The molecule has 0 unspecified atom stereocenters. The Morgan fingerprint density at radius 1 is 0.806 bits per heavy atom. The van der Waals surface area contributed by atoms with Gasteiger partial charge in [0.15, 0.2) is 0 Å². The molecular weight excluding hydrogens is 386 g/mol. The number of nitrogens with one attached hydrogen (secondary N) is 1. The Hall–Kier alpha value is -3.34. The number of H-pyrrole nitrogens is 1. The van der Waals surface area contributed by atoms with Gasteiger partial charge in [-0.25, -0.2) is 10.0 Å². The van der Waals surface area contributed by atoms with E-state index in [0.717, 1.165) is 53.4 Å². The highest BCUT2D eigenvalue weighted by Crippen LogP contribution is 2.34. The van der Waals surface area contributed by atoms with Crippen LogP contribution in [0.2, 0.25) is 0 Å². The van der Waals surface area contributed by atoms with Crippen LogP contribution >= 0.6 is 0 Å². The predicted molar refractivity (Wildman–Crippen MR) is 125 cm³/mol. The quantitative estimate of drug-likeness (QED) is 0.395. The largest absolute Gasteiger partial charge is 0.354 e. The van der Waals surface area contributed by atoms with Crippen LogP contribution in [0.1, 0.15) is 45.1 Å². The second kappa shape index (κ2) is 9.21. The molecule has 1 aliphatic rings. The maximum Gasteiger partial charge on any atom is 0.278 e. The fourth-order valence-electron chi connectivity index (χ4n) is 4.06. The zero-order valence-corrected chi connectivity index (χ0v) is 18.2. The number of fused-ring (bicyclic) bond motifs is 1. The van der Waals surface area contributed by atoms with Crippen LogP contribution in [0.4, 0.5) is 0 Å². The molecule has 3 aromatic rings. The summed E-state index contributed by atoms with van der Waals surface area (Å²) in [6.07, 6.45) is 5.48. The van der Waals surface area contributed by atoms with Crippen LogP contribution in [-0.2, 0) is 9.59 Å². The van der Waals surface area contributed by atoms with E-state index >= 15 is 0 Å². The fourth-order valence-corrected chi connectivity index (χ4v) is 4.06. The van der Waals surface area contributed by atoms with Crippen LogP contribution in [0, 0.1) is 0 Å². The number of benzene rings is 2. The smallest absolute Gasteiger partial charge is 0.278 e. The number of rotatable bonds is 8. The monoisotopic (exact) mass is 415 g/mol. The third kappa shape index (κ3) is 4.00. The fraction of sp³-hybridized carbons (Fsp3) is 0.308. The summed E-state index contributed by atoms with van der Waals surface area (Å²) >= 11 is 0. The van der Waals surface area contributed by atoms with E-state index in [1.54, 1.807) is 16.1 Å². The van der Waals surface area contributed by atoms with Gasteiger partial charge in [0.1, 0.15) is 5.57 Å². The molecule has 2 aromatic carbocycles. The summed E-state index contributed by atoms with van der Waals surface area (Å²) in [5.41, 5.74) is 4.05. The molecule has 2 amide bonds. The Kier molecular flexibility index (Phi) is 6.21. The molecule has 1 aliphatic heterocycles. The summed E-state index contributed by atoms with van der Waals surface area (Å²) in [7, 11) is 0. The maximum atomic E-state index is 13.3. The van der Waals surface area contributed by atoms with Crippen LogP contribution in [0.5, 0.6) is 0 Å². The summed E-state index contributed by atoms with van der Waals surface area (Å²) in [6, 6.07) is 18.0. The lowest BCUT2D eigenvalue weighted by Gasteiger charge is -2.27. The van der Waals surface area contributed by atoms with Gasteiger partial charge < -0.3 is 4.98 Å². The predicted octanol–water partition coefficient (Wildman–Crippen LogP) is 5.40. The minimum absolute atomic E-state index is 0.196. The highest BCUT2D eigenvalue weighted by molar-refractivity contribution is 6.26. The van der Waals surface area contributed by atoms with E-state index in [9.17, 15) is 9.59 Å². The lowest BCUT2D eigenvalue weighted by Crippen LogP contribution is -2.42. The van der Waals surface area contributed by atoms with Gasteiger partial charge in [0.2, 0.25) is 0 Å². The first-order chi connectivity index (χ1) is 15.2. The standard InChI is InChI=1S/C26H29N3O2/c1-3-5-16-28-25(30)22(26(31)29(28)17-6-4-2)18-21-20-14-10-11-15-23(20)27-24(21)19-12-8-7-9-13-19/h7-15,18,27H,3-6,16-17H2,1-2H3. The van der Waals surface area contributed by atoms with Crippen molar-refractivity contribution in [2.24, 2.45) is 0 Å². The number of para-hydroxylation sites is 1. The van der Waals surface area contributed by atoms with Gasteiger partial charge in [-0.1, -0.05) is 75.2 Å². The molecule has 0 spiro atoms. The number of aromatic nitrogens is 1. The van der Waals surface area contributed by atoms with Crippen molar-refractivity contribution in [1.82, 2.24) is 15.0 Å². The first kappa shape index (κ1) is 20.9. The van der Waals surface area contributed by atoms with Crippen molar-refractivity contribution in [2.45, 2.75) is 39.5 Å². The average molecular weight is 416 g/mol. The summed E-state index contributed by atoms with van der Waals surface area (Å²) in [5, 5.41) is 4.29. The van der Waals surface area contributed by atoms with Crippen molar-refractivity contribution in [2.75, 3.05) is 13.1 Å². The molecular formula is C26H29N3O2. The lowest BCUT2D eigenvalue weighted by molar-refractivity contribution is -0.147. The van der Waals surface area contributed by atoms with Gasteiger partial charge in [0, 0.05) is 29.6 Å². The van der Waals surface area contributed by atoms with E-state index in [1.807, 2.05) is 54.6 Å². The highest BCUT2D eigenvalue weighted by atomic mass is 16.2. The van der Waals surface area contributed by atoms with E-state index in [2.05, 4.69) is 18.8 Å². The van der Waals surface area contributed by atoms with Crippen LogP contribution < -0.4 is 0 Å². The second-order valence-corrected chi connectivity index (χ2v) is 7.95. The number of unbranched alkanes of at least 4 members (excludes halogenated alkanes) is 2. The topological polar surface area (TPSA) is 56.4 Å². The number of hydrazine groups is 1. The van der Waals surface area contributed by atoms with Gasteiger partial charge in [0.05, 0.1) is 5.69 Å². The zero-order valence-electron chi connectivity index (χ0n) is 18.2. The number of carbonyl (C=O) groups is 2. The molecule has 31 heavy (non-hydrogen) atoms. The van der Waals surface area contributed by atoms with Gasteiger partial charge in [-0.2, -0.15) is 0 Å². The lowest BCUT2D eigenvalue weighted by atomic mass is 10.0. The molecule has 1 aromatic heterocycles. The van der Waals surface area contributed by atoms with Crippen molar-refractivity contribution in [1.29, 1.82) is 0 Å². The number of hydrogen-bond acceptors (Lipinski definition) is 2. The molecule has 1 N–H and O–H groups in total. The van der Waals surface area contributed by atoms with Gasteiger partial charge in [-0.15, -0.1) is 0 Å². The van der Waals surface area contributed by atoms with Crippen LogP contribution in [0.25, 0.3) is 28.2 Å². The van der Waals surface area contributed by atoms with Crippen LogP contribution in [0.3, 0.4) is 0 Å². The Labute approximate surface area is 183 Å². The first-order valence-electron chi connectivity index (χ1n) is 11.2. The highest BCUT2D eigenvalue weighted by Gasteiger charge is 2.40. The van der Waals surface area contributed by atoms with Crippen molar-refractivity contribution >= 4 is 28.8 Å². The Balaban J connectivity index is 1.82. The Morgan fingerprint density at radius 3 is 2.00 bits per heavy atom. The van der Waals surface area contributed by atoms with Crippen molar-refractivity contribution in [3.8, 4) is 11.3 Å². The third-order valence-electron chi connectivity index (χ3n) is 5.77. The Morgan fingerprint density at radius 2 is 1.39 bits per heavy atom. The van der Waals surface area contributed by atoms with Crippen LogP contribution in [-0.4, -0.2) is 39.9 Å². The Bertz CT molecular complexity index is 1090. The molecule has 0 radical (unpaired) electrons. The number of amides is 2. The molecule has 1 fully saturated rings. The van der Waals surface area contributed by atoms with Crippen molar-refractivity contribution in [3.63, 3.8) is 0 Å². The molecule has 4 rings (SSSR count). The number of carbonyl (C=O) groups excluding carboxylic acids is 2. The van der Waals surface area contributed by atoms with Gasteiger partial charge in [0.25, 0.3) is 11.8 Å². The van der Waals surface area contributed by atoms with E-state index < -0.39 is 0 Å². The molecule has 160 valence electrons. The third-order valence-corrected chi connectivity index (χ3v) is 5.77. The molecule has 0 atom stereocenters. The summed E-state index contributed by atoms with van der Waals surface area (Å²) in [6.45, 7) is 5.32. The number of hydrogen-bond donors (Lipinski definition) is 1.